The fourth-order valence-corrected chi connectivity index (χ4v) is 1.63. The molecular formula is C11H18ClN3O. The summed E-state index contributed by atoms with van der Waals surface area (Å²) in [5, 5.41) is 3.54. The fourth-order valence-electron chi connectivity index (χ4n) is 1.42. The molecule has 16 heavy (non-hydrogen) atoms. The average molecular weight is 244 g/mol. The van der Waals surface area contributed by atoms with E-state index in [1.165, 1.54) is 25.6 Å². The van der Waals surface area contributed by atoms with Crippen LogP contribution in [0.3, 0.4) is 0 Å². The Bertz CT molecular complexity index is 320. The quantitative estimate of drug-likeness (QED) is 0.590. The lowest BCUT2D eigenvalue weighted by molar-refractivity contribution is 0.413. The third kappa shape index (κ3) is 3.85. The predicted octanol–water partition coefficient (Wildman–Crippen LogP) is 3.13. The summed E-state index contributed by atoms with van der Waals surface area (Å²) in [6, 6.07) is 0. The molecule has 4 nitrogen and oxygen atoms in total. The topological polar surface area (TPSA) is 47.0 Å². The molecular weight excluding hydrogens is 226 g/mol. The molecule has 0 unspecified atom stereocenters. The summed E-state index contributed by atoms with van der Waals surface area (Å²) in [5.41, 5.74) is 0. The fraction of sp³-hybridized carbons (Fsp3) is 0.636. The van der Waals surface area contributed by atoms with Crippen molar-refractivity contribution in [2.24, 2.45) is 0 Å². The molecule has 0 atom stereocenters. The van der Waals surface area contributed by atoms with E-state index in [0.717, 1.165) is 13.0 Å². The molecule has 0 bridgehead atoms. The molecule has 1 heterocycles. The van der Waals surface area contributed by atoms with Crippen LogP contribution in [0, 0.1) is 0 Å². The van der Waals surface area contributed by atoms with E-state index in [1.54, 1.807) is 7.11 Å². The van der Waals surface area contributed by atoms with Crippen LogP contribution >= 0.6 is 11.6 Å². The van der Waals surface area contributed by atoms with Gasteiger partial charge in [0.05, 0.1) is 7.11 Å². The summed E-state index contributed by atoms with van der Waals surface area (Å²) in [6.45, 7) is 3.07. The van der Waals surface area contributed by atoms with E-state index >= 15 is 0 Å². The van der Waals surface area contributed by atoms with Crippen LogP contribution in [-0.4, -0.2) is 23.6 Å². The Balaban J connectivity index is 2.44. The van der Waals surface area contributed by atoms with Crippen LogP contribution in [0.25, 0.3) is 0 Å². The lowest BCUT2D eigenvalue weighted by Gasteiger charge is -2.09. The highest BCUT2D eigenvalue weighted by molar-refractivity contribution is 6.31. The maximum Gasteiger partial charge on any atom is 0.198 e. The molecule has 0 amide bonds. The number of aromatic nitrogens is 2. The number of anilines is 1. The van der Waals surface area contributed by atoms with Gasteiger partial charge in [-0.1, -0.05) is 37.8 Å². The molecule has 1 aromatic rings. The summed E-state index contributed by atoms with van der Waals surface area (Å²) in [4.78, 5) is 7.95. The van der Waals surface area contributed by atoms with E-state index in [9.17, 15) is 0 Å². The van der Waals surface area contributed by atoms with Gasteiger partial charge in [0.1, 0.15) is 6.33 Å². The zero-order chi connectivity index (χ0) is 11.8. The normalized spacial score (nSPS) is 10.2. The van der Waals surface area contributed by atoms with Crippen molar-refractivity contribution in [2.75, 3.05) is 19.0 Å². The van der Waals surface area contributed by atoms with Crippen molar-refractivity contribution in [3.63, 3.8) is 0 Å². The summed E-state index contributed by atoms with van der Waals surface area (Å²) in [5.74, 6) is 1.18. The standard InChI is InChI=1S/C11H18ClN3O/c1-3-4-5-6-7-13-11-9(16-2)10(12)14-8-15-11/h8H,3-7H2,1-2H3,(H,13,14,15). The number of hydrogen-bond acceptors (Lipinski definition) is 4. The van der Waals surface area contributed by atoms with Gasteiger partial charge < -0.3 is 10.1 Å². The van der Waals surface area contributed by atoms with Crippen molar-refractivity contribution in [1.29, 1.82) is 0 Å². The van der Waals surface area contributed by atoms with E-state index in [4.69, 9.17) is 16.3 Å². The van der Waals surface area contributed by atoms with Crippen molar-refractivity contribution in [2.45, 2.75) is 32.6 Å². The summed E-state index contributed by atoms with van der Waals surface area (Å²) in [6.07, 6.45) is 6.29. The smallest absolute Gasteiger partial charge is 0.198 e. The third-order valence-electron chi connectivity index (χ3n) is 2.29. The largest absolute Gasteiger partial charge is 0.490 e. The summed E-state index contributed by atoms with van der Waals surface area (Å²) < 4.78 is 5.13. The van der Waals surface area contributed by atoms with Gasteiger partial charge in [0.2, 0.25) is 0 Å². The molecule has 0 aromatic carbocycles. The molecule has 90 valence electrons. The first-order chi connectivity index (χ1) is 7.79. The molecule has 5 heteroatoms. The number of hydrogen-bond donors (Lipinski definition) is 1. The van der Waals surface area contributed by atoms with Gasteiger partial charge in [-0.05, 0) is 6.42 Å². The molecule has 0 spiro atoms. The predicted molar refractivity (Wildman–Crippen MR) is 66.2 cm³/mol. The second-order valence-electron chi connectivity index (χ2n) is 3.53. The van der Waals surface area contributed by atoms with Gasteiger partial charge >= 0.3 is 0 Å². The number of nitrogens with one attached hydrogen (secondary N) is 1. The highest BCUT2D eigenvalue weighted by Crippen LogP contribution is 2.28. The number of rotatable bonds is 7. The van der Waals surface area contributed by atoms with E-state index in [2.05, 4.69) is 22.2 Å². The molecule has 0 aliphatic carbocycles. The third-order valence-corrected chi connectivity index (χ3v) is 2.56. The second kappa shape index (κ2) is 7.28. The minimum absolute atomic E-state index is 0.341. The van der Waals surface area contributed by atoms with Crippen LogP contribution in [0.15, 0.2) is 6.33 Å². The highest BCUT2D eigenvalue weighted by Gasteiger charge is 2.08. The van der Waals surface area contributed by atoms with Crippen LogP contribution in [0.4, 0.5) is 5.82 Å². The molecule has 0 fully saturated rings. The van der Waals surface area contributed by atoms with E-state index in [1.807, 2.05) is 0 Å². The van der Waals surface area contributed by atoms with Gasteiger partial charge in [-0.15, -0.1) is 0 Å². The van der Waals surface area contributed by atoms with E-state index in [0.29, 0.717) is 16.7 Å². The maximum absolute atomic E-state index is 5.88. The van der Waals surface area contributed by atoms with Gasteiger partial charge in [-0.25, -0.2) is 9.97 Å². The molecule has 0 saturated carbocycles. The van der Waals surface area contributed by atoms with Crippen LogP contribution in [0.5, 0.6) is 5.75 Å². The van der Waals surface area contributed by atoms with Crippen molar-refractivity contribution in [1.82, 2.24) is 9.97 Å². The lowest BCUT2D eigenvalue weighted by atomic mass is 10.2. The van der Waals surface area contributed by atoms with Gasteiger partial charge in [-0.3, -0.25) is 0 Å². The number of halogens is 1. The highest BCUT2D eigenvalue weighted by atomic mass is 35.5. The molecule has 1 aromatic heterocycles. The van der Waals surface area contributed by atoms with E-state index in [-0.39, 0.29) is 0 Å². The monoisotopic (exact) mass is 243 g/mol. The van der Waals surface area contributed by atoms with Gasteiger partial charge in [0.25, 0.3) is 0 Å². The number of nitrogens with zero attached hydrogens (tertiary/aromatic N) is 2. The first-order valence-electron chi connectivity index (χ1n) is 5.58. The Morgan fingerprint density at radius 3 is 2.81 bits per heavy atom. The zero-order valence-corrected chi connectivity index (χ0v) is 10.5. The number of methoxy groups -OCH3 is 1. The van der Waals surface area contributed by atoms with Crippen LogP contribution in [0.2, 0.25) is 5.15 Å². The SMILES string of the molecule is CCCCCCNc1ncnc(Cl)c1OC. The Labute approximate surface area is 101 Å². The first kappa shape index (κ1) is 13.0. The Morgan fingerprint density at radius 1 is 1.31 bits per heavy atom. The van der Waals surface area contributed by atoms with Crippen molar-refractivity contribution < 1.29 is 4.74 Å². The molecule has 0 radical (unpaired) electrons. The van der Waals surface area contributed by atoms with Crippen LogP contribution in [0.1, 0.15) is 32.6 Å². The van der Waals surface area contributed by atoms with Crippen molar-refractivity contribution >= 4 is 17.4 Å². The Kier molecular flexibility index (Phi) is 5.93. The Hall–Kier alpha value is -1.03. The van der Waals surface area contributed by atoms with Crippen molar-refractivity contribution in [3.05, 3.63) is 11.5 Å². The van der Waals surface area contributed by atoms with Crippen LogP contribution < -0.4 is 10.1 Å². The minimum atomic E-state index is 0.341. The van der Waals surface area contributed by atoms with Crippen LogP contribution in [-0.2, 0) is 0 Å². The average Bonchev–Trinajstić information content (AvgIpc) is 2.29. The van der Waals surface area contributed by atoms with Crippen molar-refractivity contribution in [3.8, 4) is 5.75 Å². The number of unbranched alkanes of at least 4 members (excludes halogenated alkanes) is 3. The second-order valence-corrected chi connectivity index (χ2v) is 3.89. The maximum atomic E-state index is 5.88. The molecule has 0 aliphatic heterocycles. The summed E-state index contributed by atoms with van der Waals surface area (Å²) in [7, 11) is 1.56. The van der Waals surface area contributed by atoms with Gasteiger partial charge in [0.15, 0.2) is 16.7 Å². The minimum Gasteiger partial charge on any atom is -0.490 e. The van der Waals surface area contributed by atoms with Gasteiger partial charge in [-0.2, -0.15) is 0 Å². The number of ether oxygens (including phenoxy) is 1. The molecule has 0 saturated heterocycles. The molecule has 1 N–H and O–H groups in total. The van der Waals surface area contributed by atoms with Gasteiger partial charge in [0, 0.05) is 6.54 Å². The Morgan fingerprint density at radius 2 is 2.12 bits per heavy atom. The molecule has 0 aliphatic rings. The molecule has 1 rings (SSSR count). The van der Waals surface area contributed by atoms with E-state index < -0.39 is 0 Å². The zero-order valence-electron chi connectivity index (χ0n) is 9.79. The summed E-state index contributed by atoms with van der Waals surface area (Å²) >= 11 is 5.88. The first-order valence-corrected chi connectivity index (χ1v) is 5.95. The lowest BCUT2D eigenvalue weighted by Crippen LogP contribution is -2.05.